The van der Waals surface area contributed by atoms with Crippen LogP contribution in [0.4, 0.5) is 0 Å². The van der Waals surface area contributed by atoms with E-state index in [-0.39, 0.29) is 12.2 Å². The number of rotatable bonds is 6. The average molecular weight is 296 g/mol. The molecule has 20 heavy (non-hydrogen) atoms. The van der Waals surface area contributed by atoms with Crippen molar-refractivity contribution in [3.8, 4) is 11.5 Å². The molecular formula is C13H16N2O4S. The fraction of sp³-hybridized carbons (Fsp3) is 0.385. The van der Waals surface area contributed by atoms with Gasteiger partial charge in [-0.25, -0.2) is 0 Å². The van der Waals surface area contributed by atoms with Crippen LogP contribution in [0.5, 0.6) is 0 Å². The number of aliphatic hydroxyl groups is 1. The molecule has 1 unspecified atom stereocenters. The maximum atomic E-state index is 11.9. The van der Waals surface area contributed by atoms with E-state index in [1.807, 2.05) is 6.26 Å². The smallest absolute Gasteiger partial charge is 0.273 e. The molecule has 0 bridgehead atoms. The predicted molar refractivity (Wildman–Crippen MR) is 75.5 cm³/mol. The first-order valence-electron chi connectivity index (χ1n) is 6.02. The zero-order valence-corrected chi connectivity index (χ0v) is 12.1. The van der Waals surface area contributed by atoms with Crippen molar-refractivity contribution in [2.75, 3.05) is 18.6 Å². The molecule has 0 aromatic carbocycles. The topological polar surface area (TPSA) is 88.5 Å². The Kier molecular flexibility index (Phi) is 4.51. The molecule has 7 heteroatoms. The van der Waals surface area contributed by atoms with E-state index in [9.17, 15) is 9.90 Å². The summed E-state index contributed by atoms with van der Waals surface area (Å²) in [5.41, 5.74) is -0.806. The lowest BCUT2D eigenvalue weighted by Gasteiger charge is -2.21. The summed E-state index contributed by atoms with van der Waals surface area (Å²) in [5.74, 6) is 1.03. The van der Waals surface area contributed by atoms with Crippen LogP contribution >= 0.6 is 11.8 Å². The molecule has 2 rings (SSSR count). The van der Waals surface area contributed by atoms with Gasteiger partial charge in [0.25, 0.3) is 5.91 Å². The number of aromatic nitrogens is 1. The lowest BCUT2D eigenvalue weighted by molar-refractivity contribution is 0.0720. The van der Waals surface area contributed by atoms with Crippen molar-refractivity contribution < 1.29 is 18.8 Å². The van der Waals surface area contributed by atoms with Crippen LogP contribution in [-0.2, 0) is 0 Å². The van der Waals surface area contributed by atoms with Gasteiger partial charge in [0.2, 0.25) is 5.76 Å². The van der Waals surface area contributed by atoms with Crippen molar-refractivity contribution in [1.29, 1.82) is 0 Å². The number of carbonyl (C=O) groups is 1. The molecule has 2 heterocycles. The highest BCUT2D eigenvalue weighted by Crippen LogP contribution is 2.20. The lowest BCUT2D eigenvalue weighted by Crippen LogP contribution is -2.42. The van der Waals surface area contributed by atoms with Crippen LogP contribution in [0.2, 0.25) is 0 Å². The van der Waals surface area contributed by atoms with Crippen molar-refractivity contribution >= 4 is 17.7 Å². The van der Waals surface area contributed by atoms with E-state index in [4.69, 9.17) is 8.94 Å². The highest BCUT2D eigenvalue weighted by atomic mass is 32.2. The molecule has 0 radical (unpaired) electrons. The van der Waals surface area contributed by atoms with Crippen LogP contribution in [0.1, 0.15) is 17.4 Å². The summed E-state index contributed by atoms with van der Waals surface area (Å²) >= 11 is 1.51. The molecule has 2 N–H and O–H groups in total. The molecule has 0 saturated carbocycles. The molecule has 108 valence electrons. The van der Waals surface area contributed by atoms with Gasteiger partial charge in [0, 0.05) is 18.4 Å². The second kappa shape index (κ2) is 6.15. The van der Waals surface area contributed by atoms with Crippen LogP contribution in [-0.4, -0.2) is 40.3 Å². The molecule has 0 spiro atoms. The summed E-state index contributed by atoms with van der Waals surface area (Å²) in [6, 6.07) is 4.93. The van der Waals surface area contributed by atoms with Crippen molar-refractivity contribution in [1.82, 2.24) is 10.5 Å². The number of furan rings is 1. The Balaban J connectivity index is 1.97. The number of hydrogen-bond donors (Lipinski definition) is 2. The van der Waals surface area contributed by atoms with Gasteiger partial charge in [-0.3, -0.25) is 4.79 Å². The van der Waals surface area contributed by atoms with E-state index in [1.165, 1.54) is 24.1 Å². The molecule has 2 aromatic rings. The Morgan fingerprint density at radius 3 is 3.00 bits per heavy atom. The van der Waals surface area contributed by atoms with E-state index in [2.05, 4.69) is 10.5 Å². The fourth-order valence-electron chi connectivity index (χ4n) is 1.64. The number of hydrogen-bond acceptors (Lipinski definition) is 6. The monoisotopic (exact) mass is 296 g/mol. The number of nitrogens with zero attached hydrogens (tertiary/aromatic N) is 1. The molecule has 2 aromatic heterocycles. The van der Waals surface area contributed by atoms with Gasteiger partial charge in [-0.2, -0.15) is 11.8 Å². The molecule has 1 atom stereocenters. The summed E-state index contributed by atoms with van der Waals surface area (Å²) in [7, 11) is 0. The zero-order chi connectivity index (χ0) is 14.6. The van der Waals surface area contributed by atoms with Crippen LogP contribution < -0.4 is 5.32 Å². The predicted octanol–water partition coefficient (Wildman–Crippen LogP) is 1.78. The summed E-state index contributed by atoms with van der Waals surface area (Å²) in [5, 5.41) is 16.3. The SMILES string of the molecule is CSCC(C)(O)CNC(=O)c1cc(-c2ccco2)on1. The minimum atomic E-state index is -0.956. The van der Waals surface area contributed by atoms with Gasteiger partial charge in [-0.15, -0.1) is 0 Å². The summed E-state index contributed by atoms with van der Waals surface area (Å²) in [6.45, 7) is 1.82. The summed E-state index contributed by atoms with van der Waals surface area (Å²) < 4.78 is 10.2. The van der Waals surface area contributed by atoms with Crippen molar-refractivity contribution in [3.63, 3.8) is 0 Å². The molecule has 6 nitrogen and oxygen atoms in total. The Morgan fingerprint density at radius 1 is 1.55 bits per heavy atom. The summed E-state index contributed by atoms with van der Waals surface area (Å²) in [6.07, 6.45) is 3.40. The van der Waals surface area contributed by atoms with E-state index in [1.54, 1.807) is 19.1 Å². The Labute approximate surface area is 120 Å². The molecule has 0 aliphatic rings. The van der Waals surface area contributed by atoms with E-state index < -0.39 is 11.5 Å². The maximum Gasteiger partial charge on any atom is 0.273 e. The van der Waals surface area contributed by atoms with Crippen LogP contribution in [0.15, 0.2) is 33.4 Å². The maximum absolute atomic E-state index is 11.9. The van der Waals surface area contributed by atoms with Gasteiger partial charge < -0.3 is 19.4 Å². The third-order valence-corrected chi connectivity index (χ3v) is 3.50. The molecule has 1 amide bonds. The highest BCUT2D eigenvalue weighted by Gasteiger charge is 2.22. The van der Waals surface area contributed by atoms with Crippen molar-refractivity contribution in [2.45, 2.75) is 12.5 Å². The minimum Gasteiger partial charge on any atom is -0.461 e. The normalized spacial score (nSPS) is 13.9. The standard InChI is InChI=1S/C13H16N2O4S/c1-13(17,8-20-2)7-14-12(16)9-6-11(19-15-9)10-4-3-5-18-10/h3-6,17H,7-8H2,1-2H3,(H,14,16). The van der Waals surface area contributed by atoms with Gasteiger partial charge in [0.15, 0.2) is 11.5 Å². The quantitative estimate of drug-likeness (QED) is 0.844. The number of amides is 1. The first-order valence-corrected chi connectivity index (χ1v) is 7.41. The molecular weight excluding hydrogens is 280 g/mol. The van der Waals surface area contributed by atoms with Crippen LogP contribution in [0.3, 0.4) is 0 Å². The average Bonchev–Trinajstić information content (AvgIpc) is 3.06. The van der Waals surface area contributed by atoms with Gasteiger partial charge in [0.05, 0.1) is 11.9 Å². The Morgan fingerprint density at radius 2 is 2.35 bits per heavy atom. The largest absolute Gasteiger partial charge is 0.461 e. The zero-order valence-electron chi connectivity index (χ0n) is 11.3. The highest BCUT2D eigenvalue weighted by molar-refractivity contribution is 7.98. The number of nitrogens with one attached hydrogen (secondary N) is 1. The molecule has 0 fully saturated rings. The summed E-state index contributed by atoms with van der Waals surface area (Å²) in [4.78, 5) is 11.9. The van der Waals surface area contributed by atoms with E-state index >= 15 is 0 Å². The number of thioether (sulfide) groups is 1. The minimum absolute atomic E-state index is 0.148. The van der Waals surface area contributed by atoms with Crippen molar-refractivity contribution in [3.05, 3.63) is 30.2 Å². The Hall–Kier alpha value is -1.73. The third kappa shape index (κ3) is 3.64. The molecule has 0 aliphatic heterocycles. The first-order chi connectivity index (χ1) is 9.52. The second-order valence-corrected chi connectivity index (χ2v) is 5.53. The van der Waals surface area contributed by atoms with Crippen molar-refractivity contribution in [2.24, 2.45) is 0 Å². The van der Waals surface area contributed by atoms with Gasteiger partial charge in [-0.05, 0) is 25.3 Å². The lowest BCUT2D eigenvalue weighted by atomic mass is 10.1. The van der Waals surface area contributed by atoms with Gasteiger partial charge >= 0.3 is 0 Å². The second-order valence-electron chi connectivity index (χ2n) is 4.67. The van der Waals surface area contributed by atoms with Crippen LogP contribution in [0, 0.1) is 0 Å². The van der Waals surface area contributed by atoms with E-state index in [0.717, 1.165) is 0 Å². The third-order valence-electron chi connectivity index (χ3n) is 2.59. The van der Waals surface area contributed by atoms with Gasteiger partial charge in [-0.1, -0.05) is 5.16 Å². The van der Waals surface area contributed by atoms with E-state index in [0.29, 0.717) is 17.3 Å². The first kappa shape index (κ1) is 14.7. The van der Waals surface area contributed by atoms with Crippen LogP contribution in [0.25, 0.3) is 11.5 Å². The molecule has 0 saturated heterocycles. The van der Waals surface area contributed by atoms with Gasteiger partial charge in [0.1, 0.15) is 0 Å². The Bertz CT molecular complexity index is 563. The molecule has 0 aliphatic carbocycles. The number of carbonyl (C=O) groups excluding carboxylic acids is 1. The fourth-order valence-corrected chi connectivity index (χ4v) is 2.36.